The highest BCUT2D eigenvalue weighted by Gasteiger charge is 2.29. The molecule has 1 N–H and O–H groups in total. The third-order valence-electron chi connectivity index (χ3n) is 5.91. The number of piperidine rings is 1. The Kier molecular flexibility index (Phi) is 5.75. The first-order chi connectivity index (χ1) is 14.8. The van der Waals surface area contributed by atoms with Gasteiger partial charge in [-0.25, -0.2) is 9.67 Å². The number of hydrogen-bond donors (Lipinski definition) is 1. The maximum Gasteiger partial charge on any atom is 0.262 e. The lowest BCUT2D eigenvalue weighted by Crippen LogP contribution is -2.41. The molecule has 9 heteroatoms. The lowest BCUT2D eigenvalue weighted by molar-refractivity contribution is -0.133. The number of aromatic nitrogens is 3. The van der Waals surface area contributed by atoms with Gasteiger partial charge in [0.05, 0.1) is 11.7 Å². The summed E-state index contributed by atoms with van der Waals surface area (Å²) in [5, 5.41) is 7.10. The summed E-state index contributed by atoms with van der Waals surface area (Å²) in [7, 11) is 0. The highest BCUT2D eigenvalue weighted by Crippen LogP contribution is 2.31. The van der Waals surface area contributed by atoms with Gasteiger partial charge in [0.15, 0.2) is 12.4 Å². The van der Waals surface area contributed by atoms with Gasteiger partial charge < -0.3 is 15.0 Å². The minimum absolute atomic E-state index is 0.0124. The molecule has 2 aromatic rings. The monoisotopic (exact) mass is 425 g/mol. The van der Waals surface area contributed by atoms with Crippen molar-refractivity contribution in [1.29, 1.82) is 0 Å². The third-order valence-corrected chi connectivity index (χ3v) is 5.91. The summed E-state index contributed by atoms with van der Waals surface area (Å²) in [6.07, 6.45) is 1.60. The first-order valence-corrected chi connectivity index (χ1v) is 10.6. The average Bonchev–Trinajstić information content (AvgIpc) is 3.10. The van der Waals surface area contributed by atoms with E-state index in [9.17, 15) is 14.4 Å². The van der Waals surface area contributed by atoms with Crippen molar-refractivity contribution < 1.29 is 19.1 Å². The summed E-state index contributed by atoms with van der Waals surface area (Å²) in [5.74, 6) is 1.81. The van der Waals surface area contributed by atoms with E-state index in [1.807, 2.05) is 25.7 Å². The Hall–Kier alpha value is -3.23. The first-order valence-electron chi connectivity index (χ1n) is 10.6. The van der Waals surface area contributed by atoms with Crippen molar-refractivity contribution in [2.24, 2.45) is 5.92 Å². The number of nitrogens with zero attached hydrogens (tertiary/aromatic N) is 4. The van der Waals surface area contributed by atoms with Crippen LogP contribution in [0.1, 0.15) is 54.2 Å². The number of carbonyl (C=O) groups is 3. The first kappa shape index (κ1) is 21.0. The highest BCUT2D eigenvalue weighted by molar-refractivity contribution is 6.01. The molecule has 4 rings (SSSR count). The number of fused-ring (bicyclic) bond motifs is 1. The number of nitrogens with one attached hydrogen (secondary N) is 1. The van der Waals surface area contributed by atoms with E-state index in [0.717, 1.165) is 5.82 Å². The van der Waals surface area contributed by atoms with Crippen LogP contribution in [0.2, 0.25) is 0 Å². The predicted octanol–water partition coefficient (Wildman–Crippen LogP) is 2.30. The molecule has 1 atom stereocenters. The van der Waals surface area contributed by atoms with E-state index in [4.69, 9.17) is 4.74 Å². The van der Waals surface area contributed by atoms with Crippen LogP contribution < -0.4 is 10.1 Å². The van der Waals surface area contributed by atoms with Crippen molar-refractivity contribution in [3.8, 4) is 5.75 Å². The van der Waals surface area contributed by atoms with E-state index < -0.39 is 0 Å². The minimum Gasteiger partial charge on any atom is -0.482 e. The largest absolute Gasteiger partial charge is 0.482 e. The molecule has 164 valence electrons. The van der Waals surface area contributed by atoms with Gasteiger partial charge in [-0.3, -0.25) is 14.4 Å². The molecule has 1 saturated heterocycles. The molecule has 1 fully saturated rings. The number of Topliss-reactive ketones (excluding diaryl/α,β-unsaturated/α-hetero) is 1. The molecule has 1 aromatic carbocycles. The van der Waals surface area contributed by atoms with Gasteiger partial charge in [0.1, 0.15) is 17.4 Å². The van der Waals surface area contributed by atoms with Crippen molar-refractivity contribution in [3.05, 3.63) is 35.4 Å². The van der Waals surface area contributed by atoms with E-state index in [1.165, 1.54) is 0 Å². The molecule has 31 heavy (non-hydrogen) atoms. The second kappa shape index (κ2) is 8.49. The summed E-state index contributed by atoms with van der Waals surface area (Å²) < 4.78 is 7.14. The van der Waals surface area contributed by atoms with E-state index in [0.29, 0.717) is 55.2 Å². The number of anilines is 1. The van der Waals surface area contributed by atoms with Gasteiger partial charge in [-0.1, -0.05) is 0 Å². The fourth-order valence-corrected chi connectivity index (χ4v) is 4.28. The van der Waals surface area contributed by atoms with Gasteiger partial charge in [-0.15, -0.1) is 0 Å². The molecule has 0 aliphatic carbocycles. The Bertz CT molecular complexity index is 1020. The number of likely N-dealkylation sites (tertiary alicyclic amines) is 1. The number of benzene rings is 1. The van der Waals surface area contributed by atoms with Crippen LogP contribution in [0.25, 0.3) is 0 Å². The van der Waals surface area contributed by atoms with Crippen LogP contribution in [0, 0.1) is 19.8 Å². The molecule has 1 unspecified atom stereocenters. The standard InChI is InChI=1S/C22H27N5O4/c1-13(27-15(3)23-14(2)25-27)10-21(29)26-8-6-16(7-9-26)22(30)17-4-5-19-18(11-17)24-20(28)12-31-19/h4-5,11,13,16H,6-10,12H2,1-3H3,(H,24,28). The number of amides is 2. The molecule has 0 saturated carbocycles. The number of aryl methyl sites for hydroxylation is 2. The van der Waals surface area contributed by atoms with E-state index in [2.05, 4.69) is 15.4 Å². The maximum atomic E-state index is 13.0. The number of hydrogen-bond acceptors (Lipinski definition) is 6. The molecule has 2 aliphatic rings. The Morgan fingerprint density at radius 3 is 2.68 bits per heavy atom. The zero-order valence-corrected chi connectivity index (χ0v) is 18.1. The second-order valence-electron chi connectivity index (χ2n) is 8.27. The smallest absolute Gasteiger partial charge is 0.262 e. The summed E-state index contributed by atoms with van der Waals surface area (Å²) in [4.78, 5) is 43.4. The topological polar surface area (TPSA) is 106 Å². The lowest BCUT2D eigenvalue weighted by Gasteiger charge is -2.32. The SMILES string of the molecule is Cc1nc(C)n(C(C)CC(=O)N2CCC(C(=O)c3ccc4c(c3)NC(=O)CO4)CC2)n1. The molecular weight excluding hydrogens is 398 g/mol. The molecule has 0 bridgehead atoms. The van der Waals surface area contributed by atoms with Crippen molar-refractivity contribution >= 4 is 23.3 Å². The van der Waals surface area contributed by atoms with Crippen molar-refractivity contribution in [2.75, 3.05) is 25.0 Å². The van der Waals surface area contributed by atoms with E-state index >= 15 is 0 Å². The number of carbonyl (C=O) groups excluding carboxylic acids is 3. The number of ketones is 1. The van der Waals surface area contributed by atoms with Crippen LogP contribution in [-0.4, -0.2) is 57.0 Å². The lowest BCUT2D eigenvalue weighted by atomic mass is 9.88. The van der Waals surface area contributed by atoms with Gasteiger partial charge in [0.2, 0.25) is 5.91 Å². The quantitative estimate of drug-likeness (QED) is 0.737. The Balaban J connectivity index is 1.33. The molecule has 2 aliphatic heterocycles. The third kappa shape index (κ3) is 4.45. The number of ether oxygens (including phenoxy) is 1. The van der Waals surface area contributed by atoms with Gasteiger partial charge in [0, 0.05) is 31.0 Å². The van der Waals surface area contributed by atoms with Crippen LogP contribution in [0.15, 0.2) is 18.2 Å². The van der Waals surface area contributed by atoms with Crippen molar-refractivity contribution in [3.63, 3.8) is 0 Å². The van der Waals surface area contributed by atoms with Gasteiger partial charge in [-0.05, 0) is 51.8 Å². The molecule has 3 heterocycles. The van der Waals surface area contributed by atoms with Crippen LogP contribution in [0.4, 0.5) is 5.69 Å². The minimum atomic E-state index is -0.227. The Morgan fingerprint density at radius 1 is 1.26 bits per heavy atom. The molecule has 2 amide bonds. The molecule has 0 radical (unpaired) electrons. The van der Waals surface area contributed by atoms with E-state index in [1.54, 1.807) is 22.9 Å². The van der Waals surface area contributed by atoms with Crippen LogP contribution in [-0.2, 0) is 9.59 Å². The summed E-state index contributed by atoms with van der Waals surface area (Å²) in [6.45, 7) is 6.79. The van der Waals surface area contributed by atoms with E-state index in [-0.39, 0.29) is 36.2 Å². The summed E-state index contributed by atoms with van der Waals surface area (Å²) in [5.41, 5.74) is 1.09. The fraction of sp³-hybridized carbons (Fsp3) is 0.500. The van der Waals surface area contributed by atoms with Gasteiger partial charge >= 0.3 is 0 Å². The van der Waals surface area contributed by atoms with Crippen molar-refractivity contribution in [2.45, 2.75) is 46.1 Å². The van der Waals surface area contributed by atoms with Crippen LogP contribution >= 0.6 is 0 Å². The molecule has 0 spiro atoms. The molecular formula is C22H27N5O4. The fourth-order valence-electron chi connectivity index (χ4n) is 4.28. The average molecular weight is 425 g/mol. The second-order valence-corrected chi connectivity index (χ2v) is 8.27. The maximum absolute atomic E-state index is 13.0. The Labute approximate surface area is 180 Å². The zero-order chi connectivity index (χ0) is 22.1. The summed E-state index contributed by atoms with van der Waals surface area (Å²) >= 11 is 0. The normalized spacial score (nSPS) is 17.5. The van der Waals surface area contributed by atoms with Crippen LogP contribution in [0.5, 0.6) is 5.75 Å². The molecule has 1 aromatic heterocycles. The van der Waals surface area contributed by atoms with Crippen molar-refractivity contribution in [1.82, 2.24) is 19.7 Å². The van der Waals surface area contributed by atoms with Gasteiger partial charge in [0.25, 0.3) is 5.91 Å². The van der Waals surface area contributed by atoms with Gasteiger partial charge in [-0.2, -0.15) is 5.10 Å². The highest BCUT2D eigenvalue weighted by atomic mass is 16.5. The predicted molar refractivity (Wildman–Crippen MR) is 113 cm³/mol. The number of rotatable bonds is 5. The molecule has 9 nitrogen and oxygen atoms in total. The Morgan fingerprint density at radius 2 is 2.00 bits per heavy atom. The zero-order valence-electron chi connectivity index (χ0n) is 18.1. The summed E-state index contributed by atoms with van der Waals surface area (Å²) in [6, 6.07) is 5.06. The van der Waals surface area contributed by atoms with Crippen LogP contribution in [0.3, 0.4) is 0 Å².